The molecule has 0 fully saturated rings. The molecule has 3 rings (SSSR count). The predicted molar refractivity (Wildman–Crippen MR) is 75.5 cm³/mol. The van der Waals surface area contributed by atoms with Gasteiger partial charge in [-0.2, -0.15) is 5.10 Å². The molecule has 0 saturated carbocycles. The number of anilines is 1. The van der Waals surface area contributed by atoms with E-state index in [9.17, 15) is 0 Å². The first-order chi connectivity index (χ1) is 9.34. The monoisotopic (exact) mass is 271 g/mol. The number of hydrogen-bond acceptors (Lipinski definition) is 5. The minimum atomic E-state index is 0.766. The maximum Gasteiger partial charge on any atom is 0.138 e. The number of para-hydroxylation sites is 2. The molecule has 1 aromatic carbocycles. The van der Waals surface area contributed by atoms with Crippen molar-refractivity contribution in [2.24, 2.45) is 0 Å². The Bertz CT molecular complexity index is 659. The summed E-state index contributed by atoms with van der Waals surface area (Å²) in [6.45, 7) is 2.79. The topological polar surface area (TPSA) is 55.6 Å². The third-order valence-electron chi connectivity index (χ3n) is 2.85. The minimum absolute atomic E-state index is 0.766. The molecule has 96 valence electrons. The zero-order chi connectivity index (χ0) is 13.1. The van der Waals surface area contributed by atoms with Crippen molar-refractivity contribution in [3.63, 3.8) is 0 Å². The summed E-state index contributed by atoms with van der Waals surface area (Å²) < 4.78 is 1.75. The number of nitrogens with one attached hydrogen (secondary N) is 1. The molecular weight excluding hydrogens is 258 g/mol. The molecule has 0 bridgehead atoms. The molecule has 5 nitrogen and oxygen atoms in total. The summed E-state index contributed by atoms with van der Waals surface area (Å²) in [7, 11) is 0. The molecule has 2 aromatic heterocycles. The Morgan fingerprint density at radius 3 is 2.95 bits per heavy atom. The van der Waals surface area contributed by atoms with Gasteiger partial charge >= 0.3 is 0 Å². The molecule has 0 aliphatic carbocycles. The van der Waals surface area contributed by atoms with Crippen LogP contribution in [0.1, 0.15) is 10.6 Å². The smallest absolute Gasteiger partial charge is 0.138 e. The fourth-order valence-corrected chi connectivity index (χ4v) is 2.54. The third-order valence-corrected chi connectivity index (χ3v) is 3.79. The van der Waals surface area contributed by atoms with Gasteiger partial charge in [0.05, 0.1) is 29.1 Å². The van der Waals surface area contributed by atoms with Gasteiger partial charge < -0.3 is 5.32 Å². The van der Waals surface area contributed by atoms with Crippen LogP contribution in [-0.4, -0.2) is 19.7 Å². The van der Waals surface area contributed by atoms with Crippen LogP contribution >= 0.6 is 11.3 Å². The number of benzene rings is 1. The predicted octanol–water partition coefficient (Wildman–Crippen LogP) is 2.64. The van der Waals surface area contributed by atoms with E-state index >= 15 is 0 Å². The number of rotatable bonds is 4. The zero-order valence-corrected chi connectivity index (χ0v) is 11.3. The van der Waals surface area contributed by atoms with E-state index in [0.717, 1.165) is 23.6 Å². The molecule has 0 atom stereocenters. The number of hydrogen-bond donors (Lipinski definition) is 1. The van der Waals surface area contributed by atoms with E-state index in [2.05, 4.69) is 20.4 Å². The summed E-state index contributed by atoms with van der Waals surface area (Å²) >= 11 is 1.66. The van der Waals surface area contributed by atoms with E-state index in [0.29, 0.717) is 0 Å². The van der Waals surface area contributed by atoms with Crippen LogP contribution in [0.2, 0.25) is 0 Å². The van der Waals surface area contributed by atoms with Gasteiger partial charge in [0, 0.05) is 4.88 Å². The molecule has 6 heteroatoms. The molecule has 0 amide bonds. The van der Waals surface area contributed by atoms with Gasteiger partial charge in [-0.15, -0.1) is 11.3 Å². The van der Waals surface area contributed by atoms with Crippen molar-refractivity contribution in [3.05, 3.63) is 53.0 Å². The van der Waals surface area contributed by atoms with Crippen molar-refractivity contribution < 1.29 is 0 Å². The Morgan fingerprint density at radius 1 is 1.32 bits per heavy atom. The van der Waals surface area contributed by atoms with Gasteiger partial charge in [-0.1, -0.05) is 12.1 Å². The Kier molecular flexibility index (Phi) is 3.24. The van der Waals surface area contributed by atoms with Crippen LogP contribution in [0.5, 0.6) is 0 Å². The van der Waals surface area contributed by atoms with E-state index in [1.807, 2.05) is 36.7 Å². The highest BCUT2D eigenvalue weighted by atomic mass is 32.1. The Hall–Kier alpha value is -2.21. The first kappa shape index (κ1) is 11.9. The maximum absolute atomic E-state index is 4.25. The Morgan fingerprint density at radius 2 is 2.21 bits per heavy atom. The van der Waals surface area contributed by atoms with E-state index in [1.54, 1.807) is 22.3 Å². The molecule has 0 aliphatic rings. The second-order valence-corrected chi connectivity index (χ2v) is 5.01. The highest BCUT2D eigenvalue weighted by molar-refractivity contribution is 7.09. The molecule has 3 aromatic rings. The lowest BCUT2D eigenvalue weighted by atomic mass is 10.2. The second kappa shape index (κ2) is 5.19. The highest BCUT2D eigenvalue weighted by Gasteiger charge is 2.06. The van der Waals surface area contributed by atoms with Crippen molar-refractivity contribution in [3.8, 4) is 5.69 Å². The third kappa shape index (κ3) is 2.48. The fraction of sp³-hybridized carbons (Fsp3) is 0.154. The van der Waals surface area contributed by atoms with Gasteiger partial charge in [0.25, 0.3) is 0 Å². The van der Waals surface area contributed by atoms with Crippen molar-refractivity contribution in [1.82, 2.24) is 19.7 Å². The van der Waals surface area contributed by atoms with E-state index < -0.39 is 0 Å². The van der Waals surface area contributed by atoms with Crippen molar-refractivity contribution >= 4 is 17.0 Å². The largest absolute Gasteiger partial charge is 0.378 e. The number of aryl methyl sites for hydroxylation is 1. The van der Waals surface area contributed by atoms with Crippen LogP contribution in [0.3, 0.4) is 0 Å². The van der Waals surface area contributed by atoms with Crippen LogP contribution in [0, 0.1) is 6.92 Å². The minimum Gasteiger partial charge on any atom is -0.378 e. The average Bonchev–Trinajstić information content (AvgIpc) is 3.08. The van der Waals surface area contributed by atoms with Crippen molar-refractivity contribution in [1.29, 1.82) is 0 Å². The van der Waals surface area contributed by atoms with Crippen LogP contribution in [0.4, 0.5) is 5.69 Å². The summed E-state index contributed by atoms with van der Waals surface area (Å²) in [6, 6.07) is 8.03. The Labute approximate surface area is 115 Å². The number of thiazole rings is 1. The SMILES string of the molecule is Cc1ncsc1CNc1ccccc1-n1cncn1. The first-order valence-electron chi connectivity index (χ1n) is 5.91. The average molecular weight is 271 g/mol. The van der Waals surface area contributed by atoms with Gasteiger partial charge in [-0.3, -0.25) is 0 Å². The first-order valence-corrected chi connectivity index (χ1v) is 6.79. The lowest BCUT2D eigenvalue weighted by Crippen LogP contribution is -2.04. The van der Waals surface area contributed by atoms with Crippen molar-refractivity contribution in [2.75, 3.05) is 5.32 Å². The van der Waals surface area contributed by atoms with Gasteiger partial charge in [-0.25, -0.2) is 14.6 Å². The van der Waals surface area contributed by atoms with E-state index in [4.69, 9.17) is 0 Å². The number of nitrogens with zero attached hydrogens (tertiary/aromatic N) is 4. The van der Waals surface area contributed by atoms with E-state index in [1.165, 1.54) is 11.2 Å². The summed E-state index contributed by atoms with van der Waals surface area (Å²) in [6.07, 6.45) is 3.22. The van der Waals surface area contributed by atoms with Gasteiger partial charge in [0.2, 0.25) is 0 Å². The van der Waals surface area contributed by atoms with Crippen molar-refractivity contribution in [2.45, 2.75) is 13.5 Å². The molecule has 2 heterocycles. The molecule has 0 spiro atoms. The molecule has 1 N–H and O–H groups in total. The fourth-order valence-electron chi connectivity index (χ4n) is 1.83. The maximum atomic E-state index is 4.25. The normalized spacial score (nSPS) is 10.6. The van der Waals surface area contributed by atoms with Gasteiger partial charge in [-0.05, 0) is 19.1 Å². The van der Waals surface area contributed by atoms with Crippen LogP contribution in [-0.2, 0) is 6.54 Å². The summed E-state index contributed by atoms with van der Waals surface area (Å²) in [5, 5.41) is 7.59. The van der Waals surface area contributed by atoms with Crippen LogP contribution in [0.25, 0.3) is 5.69 Å². The highest BCUT2D eigenvalue weighted by Crippen LogP contribution is 2.21. The zero-order valence-electron chi connectivity index (χ0n) is 10.4. The Balaban J connectivity index is 1.84. The molecule has 0 radical (unpaired) electrons. The lowest BCUT2D eigenvalue weighted by Gasteiger charge is -2.10. The molecular formula is C13H13N5S. The standard InChI is InChI=1S/C13H13N5S/c1-10-13(19-9-16-10)6-15-11-4-2-3-5-12(11)18-8-14-7-17-18/h2-5,7-9,15H,6H2,1H3. The quantitative estimate of drug-likeness (QED) is 0.792. The molecule has 0 unspecified atom stereocenters. The van der Waals surface area contributed by atoms with Crippen LogP contribution < -0.4 is 5.32 Å². The summed E-state index contributed by atoms with van der Waals surface area (Å²) in [5.74, 6) is 0. The summed E-state index contributed by atoms with van der Waals surface area (Å²) in [4.78, 5) is 9.48. The molecule has 0 aliphatic heterocycles. The van der Waals surface area contributed by atoms with Gasteiger partial charge in [0.15, 0.2) is 0 Å². The summed E-state index contributed by atoms with van der Waals surface area (Å²) in [5.41, 5.74) is 4.97. The second-order valence-electron chi connectivity index (χ2n) is 4.07. The molecule has 19 heavy (non-hydrogen) atoms. The number of aromatic nitrogens is 4. The van der Waals surface area contributed by atoms with Gasteiger partial charge in [0.1, 0.15) is 12.7 Å². The lowest BCUT2D eigenvalue weighted by molar-refractivity contribution is 0.878. The molecule has 0 saturated heterocycles. The van der Waals surface area contributed by atoms with Crippen LogP contribution in [0.15, 0.2) is 42.4 Å². The van der Waals surface area contributed by atoms with E-state index in [-0.39, 0.29) is 0 Å².